The molecule has 8 heteroatoms. The van der Waals surface area contributed by atoms with Crippen molar-refractivity contribution in [3.8, 4) is 11.5 Å². The van der Waals surface area contributed by atoms with Crippen LogP contribution < -0.4 is 20.1 Å². The number of aryl methyl sites for hydroxylation is 1. The van der Waals surface area contributed by atoms with E-state index in [1.54, 1.807) is 4.90 Å². The second kappa shape index (κ2) is 7.77. The number of hydrogen-bond acceptors (Lipinski definition) is 6. The van der Waals surface area contributed by atoms with Crippen LogP contribution in [0.25, 0.3) is 0 Å². The molecule has 1 fully saturated rings. The number of nitrogens with zero attached hydrogens (tertiary/aromatic N) is 2. The van der Waals surface area contributed by atoms with Crippen molar-refractivity contribution in [1.29, 1.82) is 0 Å². The van der Waals surface area contributed by atoms with Crippen LogP contribution in [0.1, 0.15) is 35.6 Å². The molecule has 5 rings (SSSR count). The van der Waals surface area contributed by atoms with Crippen molar-refractivity contribution in [1.82, 2.24) is 4.90 Å². The monoisotopic (exact) mass is 423 g/mol. The number of fused-ring (bicyclic) bond motifs is 2. The molecule has 0 saturated carbocycles. The fraction of sp³-hybridized carbons (Fsp3) is 0.391. The number of nitrogens with two attached hydrogens (primary N) is 1. The fourth-order valence-corrected chi connectivity index (χ4v) is 4.76. The summed E-state index contributed by atoms with van der Waals surface area (Å²) in [4.78, 5) is 28.8. The third-order valence-corrected chi connectivity index (χ3v) is 6.25. The summed E-state index contributed by atoms with van der Waals surface area (Å²) < 4.78 is 16.2. The van der Waals surface area contributed by atoms with Crippen molar-refractivity contribution in [3.63, 3.8) is 0 Å². The normalized spacial score (nSPS) is 19.6. The zero-order chi connectivity index (χ0) is 21.5. The van der Waals surface area contributed by atoms with Crippen molar-refractivity contribution < 1.29 is 23.8 Å². The summed E-state index contributed by atoms with van der Waals surface area (Å²) in [6.45, 7) is 3.78. The highest BCUT2D eigenvalue weighted by atomic mass is 16.7. The van der Waals surface area contributed by atoms with Gasteiger partial charge in [0, 0.05) is 24.7 Å². The van der Waals surface area contributed by atoms with Crippen molar-refractivity contribution >= 4 is 17.7 Å². The van der Waals surface area contributed by atoms with E-state index in [1.807, 2.05) is 37.3 Å². The Morgan fingerprint density at radius 3 is 2.61 bits per heavy atom. The molecule has 3 heterocycles. The highest BCUT2D eigenvalue weighted by Gasteiger charge is 2.37. The number of likely N-dealkylation sites (tertiary alicyclic amines) is 1. The molecule has 2 aromatic carbocycles. The predicted octanol–water partition coefficient (Wildman–Crippen LogP) is 2.87. The van der Waals surface area contributed by atoms with Gasteiger partial charge >= 0.3 is 6.09 Å². The maximum Gasteiger partial charge on any atom is 0.414 e. The molecule has 1 saturated heterocycles. The first-order chi connectivity index (χ1) is 15.0. The number of primary amides is 1. The Hall–Kier alpha value is -3.26. The van der Waals surface area contributed by atoms with Gasteiger partial charge in [-0.25, -0.2) is 4.79 Å². The average molecular weight is 423 g/mol. The maximum atomic E-state index is 12.6. The van der Waals surface area contributed by atoms with Crippen LogP contribution >= 0.6 is 0 Å². The van der Waals surface area contributed by atoms with E-state index in [4.69, 9.17) is 19.9 Å². The van der Waals surface area contributed by atoms with E-state index in [0.717, 1.165) is 35.2 Å². The first-order valence-corrected chi connectivity index (χ1v) is 10.5. The van der Waals surface area contributed by atoms with E-state index in [-0.39, 0.29) is 18.9 Å². The van der Waals surface area contributed by atoms with Gasteiger partial charge in [-0.3, -0.25) is 14.6 Å². The van der Waals surface area contributed by atoms with Gasteiger partial charge in [-0.05, 0) is 43.5 Å². The van der Waals surface area contributed by atoms with Gasteiger partial charge in [-0.15, -0.1) is 0 Å². The largest absolute Gasteiger partial charge is 0.454 e. The number of anilines is 1. The standard InChI is InChI=1S/C23H25N3O5/c1-14-2-4-18-16(10-14)12-29-23(28)26(18)17-6-8-25(9-7-17)21(22(24)27)15-3-5-19-20(11-15)31-13-30-19/h2-5,10-11,17,21H,6-9,12-13H2,1H3,(H2,24,27). The Labute approximate surface area is 180 Å². The Morgan fingerprint density at radius 2 is 1.84 bits per heavy atom. The van der Waals surface area contributed by atoms with Crippen LogP contribution in [-0.4, -0.2) is 42.8 Å². The van der Waals surface area contributed by atoms with Gasteiger partial charge in [0.1, 0.15) is 12.6 Å². The molecule has 0 aromatic heterocycles. The first-order valence-electron chi connectivity index (χ1n) is 10.5. The average Bonchev–Trinajstić information content (AvgIpc) is 3.22. The van der Waals surface area contributed by atoms with Gasteiger partial charge in [-0.1, -0.05) is 23.8 Å². The summed E-state index contributed by atoms with van der Waals surface area (Å²) in [6.07, 6.45) is 1.13. The van der Waals surface area contributed by atoms with E-state index in [2.05, 4.69) is 11.0 Å². The SMILES string of the molecule is Cc1ccc2c(c1)COC(=O)N2C1CCN(C(C(N)=O)c2ccc3c(c2)OCO3)CC1. The molecule has 0 spiro atoms. The van der Waals surface area contributed by atoms with E-state index in [0.29, 0.717) is 31.2 Å². The number of carbonyl (C=O) groups is 2. The fourth-order valence-electron chi connectivity index (χ4n) is 4.76. The Kier molecular flexibility index (Phi) is 4.94. The summed E-state index contributed by atoms with van der Waals surface area (Å²) in [5, 5.41) is 0. The van der Waals surface area contributed by atoms with Crippen LogP contribution in [0.5, 0.6) is 11.5 Å². The van der Waals surface area contributed by atoms with Crippen LogP contribution in [0, 0.1) is 6.92 Å². The highest BCUT2D eigenvalue weighted by molar-refractivity contribution is 5.91. The maximum absolute atomic E-state index is 12.6. The smallest absolute Gasteiger partial charge is 0.414 e. The number of hydrogen-bond donors (Lipinski definition) is 1. The Balaban J connectivity index is 1.34. The van der Waals surface area contributed by atoms with E-state index in [9.17, 15) is 9.59 Å². The number of carbonyl (C=O) groups excluding carboxylic acids is 2. The summed E-state index contributed by atoms with van der Waals surface area (Å²) in [5.41, 5.74) is 9.65. The molecule has 162 valence electrons. The third kappa shape index (κ3) is 3.57. The quantitative estimate of drug-likeness (QED) is 0.813. The zero-order valence-electron chi connectivity index (χ0n) is 17.4. The molecule has 3 aliphatic heterocycles. The van der Waals surface area contributed by atoms with Gasteiger partial charge in [0.25, 0.3) is 0 Å². The lowest BCUT2D eigenvalue weighted by Crippen LogP contribution is -2.51. The molecule has 2 aromatic rings. The second-order valence-electron chi connectivity index (χ2n) is 8.24. The highest BCUT2D eigenvalue weighted by Crippen LogP contribution is 2.37. The summed E-state index contributed by atoms with van der Waals surface area (Å²) >= 11 is 0. The van der Waals surface area contributed by atoms with Crippen LogP contribution in [0.4, 0.5) is 10.5 Å². The van der Waals surface area contributed by atoms with E-state index >= 15 is 0 Å². The topological polar surface area (TPSA) is 94.3 Å². The lowest BCUT2D eigenvalue weighted by atomic mass is 9.96. The second-order valence-corrected chi connectivity index (χ2v) is 8.24. The number of amides is 2. The number of benzene rings is 2. The Morgan fingerprint density at radius 1 is 1.06 bits per heavy atom. The van der Waals surface area contributed by atoms with Gasteiger partial charge < -0.3 is 19.9 Å². The van der Waals surface area contributed by atoms with Crippen LogP contribution in [0.3, 0.4) is 0 Å². The number of rotatable bonds is 4. The minimum atomic E-state index is -0.557. The summed E-state index contributed by atoms with van der Waals surface area (Å²) in [5.74, 6) is 0.889. The minimum Gasteiger partial charge on any atom is -0.454 e. The van der Waals surface area contributed by atoms with Crippen LogP contribution in [-0.2, 0) is 16.1 Å². The number of cyclic esters (lactones) is 1. The molecule has 3 aliphatic rings. The lowest BCUT2D eigenvalue weighted by molar-refractivity contribution is -0.124. The van der Waals surface area contributed by atoms with Gasteiger partial charge in [0.15, 0.2) is 11.5 Å². The van der Waals surface area contributed by atoms with E-state index < -0.39 is 11.9 Å². The number of piperidine rings is 1. The van der Waals surface area contributed by atoms with Gasteiger partial charge in [0.05, 0.1) is 5.69 Å². The van der Waals surface area contributed by atoms with E-state index in [1.165, 1.54) is 0 Å². The van der Waals surface area contributed by atoms with Crippen molar-refractivity contribution in [2.75, 3.05) is 24.8 Å². The molecule has 0 aliphatic carbocycles. The van der Waals surface area contributed by atoms with Gasteiger partial charge in [0.2, 0.25) is 12.7 Å². The molecule has 0 bridgehead atoms. The first kappa shape index (κ1) is 19.7. The third-order valence-electron chi connectivity index (χ3n) is 6.25. The molecular weight excluding hydrogens is 398 g/mol. The minimum absolute atomic E-state index is 0.00999. The molecule has 2 N–H and O–H groups in total. The van der Waals surface area contributed by atoms with Gasteiger partial charge in [-0.2, -0.15) is 0 Å². The van der Waals surface area contributed by atoms with Crippen molar-refractivity contribution in [2.45, 2.75) is 38.5 Å². The van der Waals surface area contributed by atoms with Crippen LogP contribution in [0.2, 0.25) is 0 Å². The Bertz CT molecular complexity index is 1030. The molecular formula is C23H25N3O5. The molecule has 1 unspecified atom stereocenters. The van der Waals surface area contributed by atoms with Crippen molar-refractivity contribution in [2.24, 2.45) is 5.73 Å². The van der Waals surface area contributed by atoms with Crippen molar-refractivity contribution in [3.05, 3.63) is 53.1 Å². The summed E-state index contributed by atoms with van der Waals surface area (Å²) in [7, 11) is 0. The lowest BCUT2D eigenvalue weighted by Gasteiger charge is -2.42. The van der Waals surface area contributed by atoms with Crippen LogP contribution in [0.15, 0.2) is 36.4 Å². The molecule has 1 atom stereocenters. The number of ether oxygens (including phenoxy) is 3. The molecule has 31 heavy (non-hydrogen) atoms. The molecule has 2 amide bonds. The molecule has 0 radical (unpaired) electrons. The summed E-state index contributed by atoms with van der Waals surface area (Å²) in [6, 6.07) is 11.0. The zero-order valence-corrected chi connectivity index (χ0v) is 17.4. The predicted molar refractivity (Wildman–Crippen MR) is 113 cm³/mol. The molecule has 8 nitrogen and oxygen atoms in total.